The van der Waals surface area contributed by atoms with Crippen LogP contribution in [0.2, 0.25) is 0 Å². The Balaban J connectivity index is 1.70. The van der Waals surface area contributed by atoms with E-state index in [0.717, 1.165) is 5.69 Å². The van der Waals surface area contributed by atoms with Gasteiger partial charge in [0.2, 0.25) is 0 Å². The number of nitrogens with one attached hydrogen (secondary N) is 2. The molecule has 21 heavy (non-hydrogen) atoms. The highest BCUT2D eigenvalue weighted by Gasteiger charge is 2.26. The maximum absolute atomic E-state index is 11.7. The van der Waals surface area contributed by atoms with Crippen molar-refractivity contribution < 1.29 is 14.3 Å². The van der Waals surface area contributed by atoms with Gasteiger partial charge < -0.3 is 20.2 Å². The SMILES string of the molecule is CC(O)(CNC(=O)NCCc1ccccn1)c1ccco1. The number of nitrogens with zero attached hydrogens (tertiary/aromatic N) is 1. The van der Waals surface area contributed by atoms with Gasteiger partial charge in [-0.25, -0.2) is 4.79 Å². The molecule has 0 bridgehead atoms. The number of urea groups is 1. The van der Waals surface area contributed by atoms with E-state index in [1.54, 1.807) is 25.3 Å². The molecule has 0 fully saturated rings. The second-order valence-corrected chi connectivity index (χ2v) is 4.93. The summed E-state index contributed by atoms with van der Waals surface area (Å²) in [5.74, 6) is 0.413. The van der Waals surface area contributed by atoms with E-state index >= 15 is 0 Å². The van der Waals surface area contributed by atoms with Gasteiger partial charge in [0.05, 0.1) is 12.8 Å². The summed E-state index contributed by atoms with van der Waals surface area (Å²) in [6, 6.07) is 8.68. The summed E-state index contributed by atoms with van der Waals surface area (Å²) >= 11 is 0. The van der Waals surface area contributed by atoms with Crippen molar-refractivity contribution in [3.8, 4) is 0 Å². The van der Waals surface area contributed by atoms with Crippen LogP contribution in [0.3, 0.4) is 0 Å². The molecule has 1 atom stereocenters. The first kappa shape index (κ1) is 15.1. The van der Waals surface area contributed by atoms with Crippen LogP contribution in [0.5, 0.6) is 0 Å². The van der Waals surface area contributed by atoms with Crippen molar-refractivity contribution in [2.24, 2.45) is 0 Å². The molecule has 6 heteroatoms. The van der Waals surface area contributed by atoms with Gasteiger partial charge in [0.25, 0.3) is 0 Å². The summed E-state index contributed by atoms with van der Waals surface area (Å²) in [6.07, 6.45) is 3.86. The molecule has 0 saturated heterocycles. The monoisotopic (exact) mass is 289 g/mol. The summed E-state index contributed by atoms with van der Waals surface area (Å²) in [5.41, 5.74) is -0.317. The Kier molecular flexibility index (Phi) is 4.94. The molecule has 2 heterocycles. The van der Waals surface area contributed by atoms with Crippen molar-refractivity contribution in [3.63, 3.8) is 0 Å². The number of hydrogen-bond donors (Lipinski definition) is 3. The molecule has 1 unspecified atom stereocenters. The van der Waals surface area contributed by atoms with E-state index in [4.69, 9.17) is 4.42 Å². The fourth-order valence-electron chi connectivity index (χ4n) is 1.84. The average Bonchev–Trinajstić information content (AvgIpc) is 3.01. The Morgan fingerprint density at radius 2 is 2.19 bits per heavy atom. The molecule has 0 saturated carbocycles. The minimum absolute atomic E-state index is 0.0654. The van der Waals surface area contributed by atoms with Crippen LogP contribution in [-0.2, 0) is 12.0 Å². The molecule has 6 nitrogen and oxygen atoms in total. The highest BCUT2D eigenvalue weighted by atomic mass is 16.4. The van der Waals surface area contributed by atoms with Crippen LogP contribution in [0.25, 0.3) is 0 Å². The predicted molar refractivity (Wildman–Crippen MR) is 77.6 cm³/mol. The van der Waals surface area contributed by atoms with Gasteiger partial charge in [0.15, 0.2) is 0 Å². The van der Waals surface area contributed by atoms with E-state index in [1.807, 2.05) is 18.2 Å². The van der Waals surface area contributed by atoms with E-state index in [0.29, 0.717) is 18.7 Å². The highest BCUT2D eigenvalue weighted by molar-refractivity contribution is 5.73. The molecule has 0 aliphatic rings. The molecule has 0 spiro atoms. The molecule has 0 aromatic carbocycles. The van der Waals surface area contributed by atoms with E-state index in [-0.39, 0.29) is 12.6 Å². The Labute approximate surface area is 123 Å². The minimum atomic E-state index is -1.23. The van der Waals surface area contributed by atoms with Crippen molar-refractivity contribution in [1.29, 1.82) is 0 Å². The molecular formula is C15H19N3O3. The molecule has 2 aromatic heterocycles. The summed E-state index contributed by atoms with van der Waals surface area (Å²) in [7, 11) is 0. The first-order valence-corrected chi connectivity index (χ1v) is 6.76. The molecule has 3 N–H and O–H groups in total. The lowest BCUT2D eigenvalue weighted by Crippen LogP contribution is -2.43. The lowest BCUT2D eigenvalue weighted by molar-refractivity contribution is 0.0367. The number of rotatable bonds is 6. The second kappa shape index (κ2) is 6.90. The van der Waals surface area contributed by atoms with Crippen LogP contribution in [0.4, 0.5) is 4.79 Å². The van der Waals surface area contributed by atoms with Gasteiger partial charge in [-0.2, -0.15) is 0 Å². The second-order valence-electron chi connectivity index (χ2n) is 4.93. The zero-order valence-electron chi connectivity index (χ0n) is 11.9. The fraction of sp³-hybridized carbons (Fsp3) is 0.333. The number of pyridine rings is 1. The number of carbonyl (C=O) groups is 1. The van der Waals surface area contributed by atoms with Gasteiger partial charge in [0.1, 0.15) is 11.4 Å². The standard InChI is InChI=1S/C15H19N3O3/c1-15(20,13-6-4-10-21-13)11-18-14(19)17-9-7-12-5-2-3-8-16-12/h2-6,8,10,20H,7,9,11H2,1H3,(H2,17,18,19). The van der Waals surface area contributed by atoms with E-state index in [9.17, 15) is 9.90 Å². The van der Waals surface area contributed by atoms with E-state index < -0.39 is 5.60 Å². The summed E-state index contributed by atoms with van der Waals surface area (Å²) < 4.78 is 5.14. The maximum Gasteiger partial charge on any atom is 0.314 e. The Bertz CT molecular complexity index is 553. The van der Waals surface area contributed by atoms with Crippen LogP contribution in [-0.4, -0.2) is 29.2 Å². The molecule has 112 valence electrons. The zero-order chi connectivity index (χ0) is 15.1. The third-order valence-corrected chi connectivity index (χ3v) is 3.04. The van der Waals surface area contributed by atoms with Crippen LogP contribution in [0, 0.1) is 0 Å². The largest absolute Gasteiger partial charge is 0.466 e. The Morgan fingerprint density at radius 3 is 2.86 bits per heavy atom. The van der Waals surface area contributed by atoms with Crippen molar-refractivity contribution in [2.45, 2.75) is 18.9 Å². The number of hydrogen-bond acceptors (Lipinski definition) is 4. The van der Waals surface area contributed by atoms with Crippen molar-refractivity contribution in [3.05, 3.63) is 54.2 Å². The van der Waals surface area contributed by atoms with Crippen molar-refractivity contribution in [1.82, 2.24) is 15.6 Å². The quantitative estimate of drug-likeness (QED) is 0.750. The van der Waals surface area contributed by atoms with E-state index in [1.165, 1.54) is 6.26 Å². The van der Waals surface area contributed by atoms with Gasteiger partial charge in [-0.15, -0.1) is 0 Å². The van der Waals surface area contributed by atoms with Crippen LogP contribution in [0.1, 0.15) is 18.4 Å². The van der Waals surface area contributed by atoms with Crippen molar-refractivity contribution >= 4 is 6.03 Å². The minimum Gasteiger partial charge on any atom is -0.466 e. The molecule has 0 aliphatic heterocycles. The number of aliphatic hydroxyl groups is 1. The molecule has 2 amide bonds. The smallest absolute Gasteiger partial charge is 0.314 e. The summed E-state index contributed by atoms with van der Waals surface area (Å²) in [5, 5.41) is 15.5. The van der Waals surface area contributed by atoms with E-state index in [2.05, 4.69) is 15.6 Å². The lowest BCUT2D eigenvalue weighted by Gasteiger charge is -2.21. The van der Waals surface area contributed by atoms with Gasteiger partial charge >= 0.3 is 6.03 Å². The molecule has 2 rings (SSSR count). The Morgan fingerprint density at radius 1 is 1.33 bits per heavy atom. The maximum atomic E-state index is 11.7. The Hall–Kier alpha value is -2.34. The van der Waals surface area contributed by atoms with Crippen molar-refractivity contribution in [2.75, 3.05) is 13.1 Å². The molecular weight excluding hydrogens is 270 g/mol. The lowest BCUT2D eigenvalue weighted by atomic mass is 10.0. The average molecular weight is 289 g/mol. The summed E-state index contributed by atoms with van der Waals surface area (Å²) in [4.78, 5) is 15.8. The van der Waals surface area contributed by atoms with Gasteiger partial charge in [-0.05, 0) is 31.2 Å². The number of furan rings is 1. The molecule has 0 aliphatic carbocycles. The van der Waals surface area contributed by atoms with Gasteiger partial charge in [0, 0.05) is 24.9 Å². The summed E-state index contributed by atoms with van der Waals surface area (Å²) in [6.45, 7) is 2.13. The number of aromatic nitrogens is 1. The first-order chi connectivity index (χ1) is 10.1. The first-order valence-electron chi connectivity index (χ1n) is 6.76. The third-order valence-electron chi connectivity index (χ3n) is 3.04. The third kappa shape index (κ3) is 4.61. The van der Waals surface area contributed by atoms with Crippen LogP contribution >= 0.6 is 0 Å². The molecule has 2 aromatic rings. The van der Waals surface area contributed by atoms with Crippen LogP contribution in [0.15, 0.2) is 47.2 Å². The predicted octanol–water partition coefficient (Wildman–Crippen LogP) is 1.42. The molecule has 0 radical (unpaired) electrons. The fourth-order valence-corrected chi connectivity index (χ4v) is 1.84. The topological polar surface area (TPSA) is 87.4 Å². The van der Waals surface area contributed by atoms with Gasteiger partial charge in [-0.1, -0.05) is 6.07 Å². The number of amides is 2. The van der Waals surface area contributed by atoms with Crippen LogP contribution < -0.4 is 10.6 Å². The number of carbonyl (C=O) groups excluding carboxylic acids is 1. The van der Waals surface area contributed by atoms with Gasteiger partial charge in [-0.3, -0.25) is 4.98 Å². The normalized spacial score (nSPS) is 13.4. The zero-order valence-corrected chi connectivity index (χ0v) is 11.9. The highest BCUT2D eigenvalue weighted by Crippen LogP contribution is 2.19.